The number of ether oxygens (including phenoxy) is 1. The molecule has 2 aromatic carbocycles. The van der Waals surface area contributed by atoms with Crippen LogP contribution in [0.4, 0.5) is 5.69 Å². The smallest absolute Gasteiger partial charge is 0.256 e. The molecule has 1 amide bonds. The summed E-state index contributed by atoms with van der Waals surface area (Å²) in [5, 5.41) is 2.90. The van der Waals surface area contributed by atoms with E-state index in [1.54, 1.807) is 0 Å². The molecule has 0 spiro atoms. The Hall–Kier alpha value is -1.08. The summed E-state index contributed by atoms with van der Waals surface area (Å²) in [6.07, 6.45) is 0.0486. The van der Waals surface area contributed by atoms with Crippen molar-refractivity contribution in [2.45, 2.75) is 20.0 Å². The number of halogens is 2. The third kappa shape index (κ3) is 4.44. The van der Waals surface area contributed by atoms with Crippen LogP contribution in [0.5, 0.6) is 5.75 Å². The van der Waals surface area contributed by atoms with Crippen molar-refractivity contribution in [1.29, 1.82) is 0 Å². The number of carbonyl (C=O) groups excluding carboxylic acids is 1. The van der Waals surface area contributed by atoms with Crippen LogP contribution in [-0.4, -0.2) is 12.0 Å². The second-order valence-electron chi connectivity index (χ2n) is 4.74. The quantitative estimate of drug-likeness (QED) is 0.646. The third-order valence-corrected chi connectivity index (χ3v) is 4.03. The maximum Gasteiger partial charge on any atom is 0.256 e. The number of anilines is 1. The number of hydrogen-bond donors (Lipinski definition) is 1. The Bertz CT molecular complexity index is 658. The Morgan fingerprint density at radius 1 is 1.24 bits per heavy atom. The number of benzene rings is 2. The first kappa shape index (κ1) is 16.3. The number of amides is 1. The Morgan fingerprint density at radius 3 is 2.67 bits per heavy atom. The van der Waals surface area contributed by atoms with Crippen LogP contribution in [0.2, 0.25) is 0 Å². The molecular weight excluding hydrogens is 445 g/mol. The molecule has 0 heterocycles. The van der Waals surface area contributed by atoms with Crippen LogP contribution < -0.4 is 10.1 Å². The van der Waals surface area contributed by atoms with Crippen molar-refractivity contribution in [2.75, 3.05) is 5.32 Å². The molecule has 2 rings (SSSR count). The Labute approximate surface area is 146 Å². The van der Waals surface area contributed by atoms with Gasteiger partial charge in [-0.15, -0.1) is 0 Å². The fourth-order valence-electron chi connectivity index (χ4n) is 1.79. The maximum absolute atomic E-state index is 12.4. The highest BCUT2D eigenvalue weighted by Crippen LogP contribution is 2.27. The fourth-order valence-corrected chi connectivity index (χ4v) is 2.71. The molecule has 0 aromatic heterocycles. The summed E-state index contributed by atoms with van der Waals surface area (Å²) in [5.41, 5.74) is 1.27. The first-order valence-corrected chi connectivity index (χ1v) is 8.36. The number of hydrogen-bond acceptors (Lipinski definition) is 2. The van der Waals surface area contributed by atoms with Crippen molar-refractivity contribution in [3.8, 4) is 5.75 Å². The van der Waals surface area contributed by atoms with Gasteiger partial charge in [-0.2, -0.15) is 0 Å². The molecule has 3 nitrogen and oxygen atoms in total. The molecule has 0 bridgehead atoms. The minimum Gasteiger partial charge on any atom is -0.489 e. The maximum atomic E-state index is 12.4. The molecule has 0 aliphatic heterocycles. The summed E-state index contributed by atoms with van der Waals surface area (Å²) in [6.45, 7) is 3.91. The second kappa shape index (κ2) is 7.26. The average molecular weight is 460 g/mol. The van der Waals surface area contributed by atoms with Crippen LogP contribution in [-0.2, 0) is 0 Å². The zero-order valence-electron chi connectivity index (χ0n) is 11.7. The van der Waals surface area contributed by atoms with E-state index in [2.05, 4.69) is 43.8 Å². The van der Waals surface area contributed by atoms with Gasteiger partial charge in [0.1, 0.15) is 5.75 Å². The molecule has 21 heavy (non-hydrogen) atoms. The predicted molar refractivity (Wildman–Crippen MR) is 97.0 cm³/mol. The molecule has 5 heteroatoms. The SMILES string of the molecule is CC(C)Oc1ccccc1NC(=O)c1cc(I)ccc1Br. The van der Waals surface area contributed by atoms with Crippen LogP contribution in [0.3, 0.4) is 0 Å². The van der Waals surface area contributed by atoms with Gasteiger partial charge in [-0.05, 0) is 82.7 Å². The van der Waals surface area contributed by atoms with Gasteiger partial charge in [0.2, 0.25) is 0 Å². The molecule has 2 aromatic rings. The van der Waals surface area contributed by atoms with Gasteiger partial charge < -0.3 is 10.1 Å². The molecule has 1 N–H and O–H groups in total. The summed E-state index contributed by atoms with van der Waals surface area (Å²) in [6, 6.07) is 13.1. The lowest BCUT2D eigenvalue weighted by Crippen LogP contribution is -2.15. The monoisotopic (exact) mass is 459 g/mol. The normalized spacial score (nSPS) is 10.5. The van der Waals surface area contributed by atoms with Crippen molar-refractivity contribution in [2.24, 2.45) is 0 Å². The van der Waals surface area contributed by atoms with Crippen LogP contribution in [0, 0.1) is 3.57 Å². The van der Waals surface area contributed by atoms with Gasteiger partial charge in [0.25, 0.3) is 5.91 Å². The van der Waals surface area contributed by atoms with Crippen LogP contribution in [0.25, 0.3) is 0 Å². The lowest BCUT2D eigenvalue weighted by molar-refractivity contribution is 0.102. The van der Waals surface area contributed by atoms with E-state index in [0.717, 1.165) is 8.04 Å². The van der Waals surface area contributed by atoms with E-state index in [4.69, 9.17) is 4.74 Å². The molecule has 0 atom stereocenters. The summed E-state index contributed by atoms with van der Waals surface area (Å²) in [4.78, 5) is 12.4. The van der Waals surface area contributed by atoms with Crippen molar-refractivity contribution in [3.05, 3.63) is 56.1 Å². The Morgan fingerprint density at radius 2 is 1.95 bits per heavy atom. The second-order valence-corrected chi connectivity index (χ2v) is 6.84. The van der Waals surface area contributed by atoms with Crippen LogP contribution in [0.1, 0.15) is 24.2 Å². The lowest BCUT2D eigenvalue weighted by Gasteiger charge is -2.15. The summed E-state index contributed by atoms with van der Waals surface area (Å²) in [7, 11) is 0. The number of carbonyl (C=O) groups is 1. The van der Waals surface area contributed by atoms with Gasteiger partial charge in [-0.25, -0.2) is 0 Å². The molecule has 0 aliphatic rings. The standard InChI is InChI=1S/C16H15BrINO2/c1-10(2)21-15-6-4-3-5-14(15)19-16(20)12-9-11(18)7-8-13(12)17/h3-10H,1-2H3,(H,19,20). The summed E-state index contributed by atoms with van der Waals surface area (Å²) in [5.74, 6) is 0.503. The molecular formula is C16H15BrINO2. The summed E-state index contributed by atoms with van der Waals surface area (Å²) >= 11 is 5.59. The van der Waals surface area contributed by atoms with Gasteiger partial charge in [0, 0.05) is 8.04 Å². The molecule has 0 saturated carbocycles. The third-order valence-electron chi connectivity index (χ3n) is 2.67. The van der Waals surface area contributed by atoms with Gasteiger partial charge in [-0.1, -0.05) is 12.1 Å². The topological polar surface area (TPSA) is 38.3 Å². The van der Waals surface area contributed by atoms with E-state index < -0.39 is 0 Å². The zero-order chi connectivity index (χ0) is 15.4. The van der Waals surface area contributed by atoms with E-state index in [-0.39, 0.29) is 12.0 Å². The molecule has 0 unspecified atom stereocenters. The largest absolute Gasteiger partial charge is 0.489 e. The van der Waals surface area contributed by atoms with Crippen molar-refractivity contribution in [3.63, 3.8) is 0 Å². The van der Waals surface area contributed by atoms with Gasteiger partial charge in [0.15, 0.2) is 0 Å². The van der Waals surface area contributed by atoms with Gasteiger partial charge in [-0.3, -0.25) is 4.79 Å². The molecule has 0 saturated heterocycles. The van der Waals surface area contributed by atoms with Crippen molar-refractivity contribution in [1.82, 2.24) is 0 Å². The Balaban J connectivity index is 2.25. The van der Waals surface area contributed by atoms with E-state index in [1.165, 1.54) is 0 Å². The van der Waals surface area contributed by atoms with E-state index in [1.807, 2.05) is 56.3 Å². The molecule has 0 aliphatic carbocycles. The molecule has 0 radical (unpaired) electrons. The number of para-hydroxylation sites is 2. The van der Waals surface area contributed by atoms with E-state index >= 15 is 0 Å². The number of nitrogens with one attached hydrogen (secondary N) is 1. The summed E-state index contributed by atoms with van der Waals surface area (Å²) < 4.78 is 7.48. The molecule has 110 valence electrons. The highest BCUT2D eigenvalue weighted by molar-refractivity contribution is 14.1. The number of rotatable bonds is 4. The predicted octanol–water partition coefficient (Wildman–Crippen LogP) is 5.09. The minimum atomic E-state index is -0.166. The van der Waals surface area contributed by atoms with Crippen LogP contribution >= 0.6 is 38.5 Å². The first-order chi connectivity index (χ1) is 9.97. The average Bonchev–Trinajstić information content (AvgIpc) is 2.43. The van der Waals surface area contributed by atoms with E-state index in [9.17, 15) is 4.79 Å². The Kier molecular flexibility index (Phi) is 5.64. The highest BCUT2D eigenvalue weighted by atomic mass is 127. The highest BCUT2D eigenvalue weighted by Gasteiger charge is 2.13. The lowest BCUT2D eigenvalue weighted by atomic mass is 10.2. The minimum absolute atomic E-state index is 0.0486. The van der Waals surface area contributed by atoms with Gasteiger partial charge >= 0.3 is 0 Å². The van der Waals surface area contributed by atoms with Crippen molar-refractivity contribution < 1.29 is 9.53 Å². The van der Waals surface area contributed by atoms with Crippen molar-refractivity contribution >= 4 is 50.1 Å². The zero-order valence-corrected chi connectivity index (χ0v) is 15.4. The fraction of sp³-hybridized carbons (Fsp3) is 0.188. The molecule has 0 fully saturated rings. The van der Waals surface area contributed by atoms with E-state index in [0.29, 0.717) is 17.0 Å². The van der Waals surface area contributed by atoms with Crippen LogP contribution in [0.15, 0.2) is 46.9 Å². The van der Waals surface area contributed by atoms with Gasteiger partial charge in [0.05, 0.1) is 17.4 Å². The first-order valence-electron chi connectivity index (χ1n) is 6.49.